The lowest BCUT2D eigenvalue weighted by atomic mass is 9.91. The first-order chi connectivity index (χ1) is 19.6. The first-order valence-electron chi connectivity index (χ1n) is 13.2. The highest BCUT2D eigenvalue weighted by atomic mass is 16.5. The summed E-state index contributed by atoms with van der Waals surface area (Å²) in [5.74, 6) is 1.03. The molecule has 0 spiro atoms. The van der Waals surface area contributed by atoms with Crippen LogP contribution in [0.3, 0.4) is 0 Å². The van der Waals surface area contributed by atoms with Crippen LogP contribution >= 0.6 is 0 Å². The van der Waals surface area contributed by atoms with Gasteiger partial charge in [-0.15, -0.1) is 0 Å². The second-order valence-electron chi connectivity index (χ2n) is 10.3. The number of benzene rings is 3. The highest BCUT2D eigenvalue weighted by Crippen LogP contribution is 2.45. The number of nitrogens with zero attached hydrogens (tertiary/aromatic N) is 1. The Labute approximate surface area is 239 Å². The number of methoxy groups -OCH3 is 2. The summed E-state index contributed by atoms with van der Waals surface area (Å²) in [4.78, 5) is 27.7. The van der Waals surface area contributed by atoms with Crippen molar-refractivity contribution in [2.45, 2.75) is 32.9 Å². The van der Waals surface area contributed by atoms with Crippen LogP contribution in [-0.4, -0.2) is 38.7 Å². The molecular formula is C32H33N3O6. The third kappa shape index (κ3) is 5.18. The van der Waals surface area contributed by atoms with Crippen molar-refractivity contribution in [2.24, 2.45) is 0 Å². The van der Waals surface area contributed by atoms with Crippen molar-refractivity contribution < 1.29 is 28.2 Å². The van der Waals surface area contributed by atoms with Crippen LogP contribution in [0.4, 0.5) is 17.1 Å². The van der Waals surface area contributed by atoms with Gasteiger partial charge in [-0.3, -0.25) is 4.79 Å². The van der Waals surface area contributed by atoms with Gasteiger partial charge in [0.1, 0.15) is 22.8 Å². The molecule has 0 saturated heterocycles. The number of para-hydroxylation sites is 2. The van der Waals surface area contributed by atoms with E-state index in [2.05, 4.69) is 10.6 Å². The summed E-state index contributed by atoms with van der Waals surface area (Å²) in [6, 6.07) is 18.5. The summed E-state index contributed by atoms with van der Waals surface area (Å²) in [5.41, 5.74) is 4.86. The molecule has 4 aromatic rings. The molecular weight excluding hydrogens is 522 g/mol. The van der Waals surface area contributed by atoms with E-state index >= 15 is 0 Å². The lowest BCUT2D eigenvalue weighted by Gasteiger charge is -2.40. The maximum atomic E-state index is 13.3. The minimum absolute atomic E-state index is 0.0527. The number of esters is 1. The number of carbonyl (C=O) groups excluding carboxylic acids is 2. The van der Waals surface area contributed by atoms with Gasteiger partial charge in [0.2, 0.25) is 5.76 Å². The number of hydrogen-bond acceptors (Lipinski definition) is 8. The number of ether oxygens (including phenoxy) is 3. The van der Waals surface area contributed by atoms with Crippen LogP contribution < -0.4 is 29.7 Å². The summed E-state index contributed by atoms with van der Waals surface area (Å²) in [7, 11) is 4.98. The van der Waals surface area contributed by atoms with E-state index in [0.29, 0.717) is 29.4 Å². The first kappa shape index (κ1) is 27.6. The molecule has 3 aromatic carbocycles. The number of amides is 1. The van der Waals surface area contributed by atoms with Gasteiger partial charge in [0, 0.05) is 36.3 Å². The number of aryl methyl sites for hydroxylation is 1. The zero-order chi connectivity index (χ0) is 29.3. The number of furan rings is 1. The van der Waals surface area contributed by atoms with Gasteiger partial charge in [0.25, 0.3) is 5.91 Å². The Morgan fingerprint density at radius 1 is 1.00 bits per heavy atom. The van der Waals surface area contributed by atoms with E-state index in [1.165, 1.54) is 6.26 Å². The highest BCUT2D eigenvalue weighted by molar-refractivity contribution is 6.09. The van der Waals surface area contributed by atoms with E-state index in [-0.39, 0.29) is 11.7 Å². The van der Waals surface area contributed by atoms with Crippen LogP contribution in [0, 0.1) is 6.92 Å². The molecule has 0 fully saturated rings. The Balaban J connectivity index is 1.58. The lowest BCUT2D eigenvalue weighted by Crippen LogP contribution is -2.52. The molecule has 9 nitrogen and oxygen atoms in total. The topological polar surface area (TPSA) is 102 Å². The number of rotatable bonds is 8. The molecule has 9 heteroatoms. The van der Waals surface area contributed by atoms with E-state index in [0.717, 1.165) is 33.8 Å². The molecule has 2 N–H and O–H groups in total. The molecule has 41 heavy (non-hydrogen) atoms. The van der Waals surface area contributed by atoms with Crippen LogP contribution in [0.2, 0.25) is 0 Å². The first-order valence-corrected chi connectivity index (χ1v) is 13.2. The summed E-state index contributed by atoms with van der Waals surface area (Å²) < 4.78 is 22.1. The summed E-state index contributed by atoms with van der Waals surface area (Å²) >= 11 is 0. The SMILES string of the molecule is COc1ccccc1NCc1c(-c2ccc(OC(=O)c3occc3C)cc2OC)ccc2c1N(C)C(=O)C(C)(C)N2. The maximum absolute atomic E-state index is 13.3. The Kier molecular flexibility index (Phi) is 7.36. The van der Waals surface area contributed by atoms with Crippen LogP contribution in [0.25, 0.3) is 11.1 Å². The van der Waals surface area contributed by atoms with E-state index in [1.54, 1.807) is 51.3 Å². The summed E-state index contributed by atoms with van der Waals surface area (Å²) in [5, 5.41) is 6.87. The monoisotopic (exact) mass is 555 g/mol. The number of hydrogen-bond donors (Lipinski definition) is 2. The number of nitrogens with one attached hydrogen (secondary N) is 2. The van der Waals surface area contributed by atoms with Gasteiger partial charge in [0.05, 0.1) is 37.5 Å². The van der Waals surface area contributed by atoms with Crippen molar-refractivity contribution >= 4 is 28.9 Å². The molecule has 0 bridgehead atoms. The third-order valence-electron chi connectivity index (χ3n) is 7.19. The molecule has 0 aliphatic carbocycles. The van der Waals surface area contributed by atoms with Crippen LogP contribution in [0.5, 0.6) is 17.2 Å². The molecule has 212 valence electrons. The molecule has 0 unspecified atom stereocenters. The van der Waals surface area contributed by atoms with E-state index in [9.17, 15) is 9.59 Å². The fourth-order valence-electron chi connectivity index (χ4n) is 5.13. The molecule has 1 aliphatic heterocycles. The summed E-state index contributed by atoms with van der Waals surface area (Å²) in [6.45, 7) is 5.89. The molecule has 0 saturated carbocycles. The maximum Gasteiger partial charge on any atom is 0.379 e. The second-order valence-corrected chi connectivity index (χ2v) is 10.3. The normalized spacial score (nSPS) is 13.7. The molecule has 0 atom stereocenters. The Hall–Kier alpha value is -4.92. The van der Waals surface area contributed by atoms with Crippen molar-refractivity contribution in [3.8, 4) is 28.4 Å². The smallest absolute Gasteiger partial charge is 0.379 e. The van der Waals surface area contributed by atoms with Gasteiger partial charge in [-0.1, -0.05) is 18.2 Å². The fourth-order valence-corrected chi connectivity index (χ4v) is 5.13. The van der Waals surface area contributed by atoms with Crippen molar-refractivity contribution in [3.05, 3.63) is 83.8 Å². The van der Waals surface area contributed by atoms with Gasteiger partial charge in [-0.25, -0.2) is 4.79 Å². The average Bonchev–Trinajstić information content (AvgIpc) is 3.40. The predicted molar refractivity (Wildman–Crippen MR) is 158 cm³/mol. The number of fused-ring (bicyclic) bond motifs is 1. The quantitative estimate of drug-likeness (QED) is 0.194. The van der Waals surface area contributed by atoms with Crippen molar-refractivity contribution in [1.82, 2.24) is 0 Å². The number of carbonyl (C=O) groups is 2. The van der Waals surface area contributed by atoms with Crippen molar-refractivity contribution in [1.29, 1.82) is 0 Å². The minimum Gasteiger partial charge on any atom is -0.496 e. The number of anilines is 3. The largest absolute Gasteiger partial charge is 0.496 e. The fraction of sp³-hybridized carbons (Fsp3) is 0.250. The molecule has 1 amide bonds. The van der Waals surface area contributed by atoms with Crippen LogP contribution in [0.15, 0.2) is 71.3 Å². The molecule has 5 rings (SSSR count). The number of likely N-dealkylation sites (N-methyl/N-ethyl adjacent to an activating group) is 1. The predicted octanol–water partition coefficient (Wildman–Crippen LogP) is 6.27. The van der Waals surface area contributed by atoms with Gasteiger partial charge in [-0.05, 0) is 62.7 Å². The molecule has 0 radical (unpaired) electrons. The lowest BCUT2D eigenvalue weighted by molar-refractivity contribution is -0.121. The third-order valence-corrected chi connectivity index (χ3v) is 7.19. The highest BCUT2D eigenvalue weighted by Gasteiger charge is 2.38. The Morgan fingerprint density at radius 3 is 2.44 bits per heavy atom. The van der Waals surface area contributed by atoms with Gasteiger partial charge < -0.3 is 34.2 Å². The zero-order valence-electron chi connectivity index (χ0n) is 24.0. The van der Waals surface area contributed by atoms with Gasteiger partial charge >= 0.3 is 5.97 Å². The van der Waals surface area contributed by atoms with Crippen LogP contribution in [0.1, 0.15) is 35.5 Å². The van der Waals surface area contributed by atoms with E-state index in [1.807, 2.05) is 56.3 Å². The summed E-state index contributed by atoms with van der Waals surface area (Å²) in [6.07, 6.45) is 1.45. The Bertz CT molecular complexity index is 1620. The average molecular weight is 556 g/mol. The van der Waals surface area contributed by atoms with Crippen molar-refractivity contribution in [3.63, 3.8) is 0 Å². The van der Waals surface area contributed by atoms with E-state index < -0.39 is 11.5 Å². The molecule has 1 aliphatic rings. The standard InChI is InChI=1S/C32H33N3O6/c1-19-15-16-40-29(19)30(36)41-20-11-12-22(27(17-20)39-6)21-13-14-25-28(35(4)31(37)32(2,3)34-25)23(21)18-33-24-9-7-8-10-26(24)38-5/h7-17,33-34H,18H2,1-6H3. The van der Waals surface area contributed by atoms with Gasteiger partial charge in [-0.2, -0.15) is 0 Å². The zero-order valence-corrected chi connectivity index (χ0v) is 24.0. The van der Waals surface area contributed by atoms with Crippen molar-refractivity contribution in [2.75, 3.05) is 36.8 Å². The van der Waals surface area contributed by atoms with Gasteiger partial charge in [0.15, 0.2) is 0 Å². The van der Waals surface area contributed by atoms with E-state index in [4.69, 9.17) is 18.6 Å². The second kappa shape index (κ2) is 10.9. The minimum atomic E-state index is -0.758. The molecule has 2 heterocycles. The molecule has 1 aromatic heterocycles. The van der Waals surface area contributed by atoms with Crippen LogP contribution in [-0.2, 0) is 11.3 Å². The Morgan fingerprint density at radius 2 is 1.73 bits per heavy atom.